The summed E-state index contributed by atoms with van der Waals surface area (Å²) < 4.78 is 39.3. The van der Waals surface area contributed by atoms with Crippen LogP contribution < -0.4 is 0 Å². The van der Waals surface area contributed by atoms with E-state index in [9.17, 15) is 28.9 Å². The van der Waals surface area contributed by atoms with Crippen LogP contribution >= 0.6 is 7.82 Å². The molecule has 12 heteroatoms. The largest absolute Gasteiger partial charge is 0.472 e. The Kier molecular flexibility index (Phi) is 48.0. The number of esters is 3. The molecule has 2 N–H and O–H groups in total. The first-order valence-electron chi connectivity index (χ1n) is 26.8. The Morgan fingerprint density at radius 3 is 1.15 bits per heavy atom. The molecule has 0 fully saturated rings. The molecular formula is C56H97O11P. The van der Waals surface area contributed by atoms with Crippen molar-refractivity contribution in [3.05, 3.63) is 72.9 Å². The molecule has 0 aliphatic carbocycles. The topological polar surface area (TPSA) is 155 Å². The molecule has 0 rings (SSSR count). The Morgan fingerprint density at radius 1 is 0.426 bits per heavy atom. The number of aliphatic hydroxyl groups is 1. The van der Waals surface area contributed by atoms with E-state index < -0.39 is 57.8 Å². The second-order valence-electron chi connectivity index (χ2n) is 17.7. The van der Waals surface area contributed by atoms with Gasteiger partial charge in [0.05, 0.1) is 19.8 Å². The summed E-state index contributed by atoms with van der Waals surface area (Å²) in [6.07, 6.45) is 54.6. The van der Waals surface area contributed by atoms with Crippen molar-refractivity contribution in [2.45, 2.75) is 238 Å². The second kappa shape index (κ2) is 50.3. The molecule has 68 heavy (non-hydrogen) atoms. The van der Waals surface area contributed by atoms with Gasteiger partial charge in [-0.2, -0.15) is 0 Å². The summed E-state index contributed by atoms with van der Waals surface area (Å²) >= 11 is 0. The van der Waals surface area contributed by atoms with Gasteiger partial charge in [0, 0.05) is 19.3 Å². The third kappa shape index (κ3) is 48.0. The molecule has 3 atom stereocenters. The molecule has 0 aromatic rings. The Bertz CT molecular complexity index is 1420. The van der Waals surface area contributed by atoms with Crippen molar-refractivity contribution >= 4 is 25.7 Å². The van der Waals surface area contributed by atoms with Crippen LogP contribution in [0.1, 0.15) is 226 Å². The van der Waals surface area contributed by atoms with Gasteiger partial charge in [0.25, 0.3) is 0 Å². The van der Waals surface area contributed by atoms with E-state index in [0.29, 0.717) is 19.3 Å². The van der Waals surface area contributed by atoms with Crippen molar-refractivity contribution < 1.29 is 52.2 Å². The van der Waals surface area contributed by atoms with E-state index in [0.717, 1.165) is 77.0 Å². The summed E-state index contributed by atoms with van der Waals surface area (Å²) in [6, 6.07) is 0. The Morgan fingerprint density at radius 2 is 0.765 bits per heavy atom. The Labute approximate surface area is 414 Å². The molecule has 0 heterocycles. The molecule has 3 unspecified atom stereocenters. The molecule has 392 valence electrons. The minimum Gasteiger partial charge on any atom is -0.462 e. The normalized spacial score (nSPS) is 14.0. The van der Waals surface area contributed by atoms with Crippen LogP contribution in [0.2, 0.25) is 0 Å². The number of unbranched alkanes of at least 4 members (excludes halogenated alkanes) is 20. The first kappa shape index (κ1) is 64.9. The standard InChI is InChI=1S/C56H97O11P/c1-4-7-10-13-16-19-21-23-24-25-26-27-28-30-31-34-36-39-42-45-54(58)63-49-53(67-56(60)47-44-41-38-35-32-29-22-20-17-14-11-8-5-2)51-65-68(61,62)64-50-52(48-57)66-55(59)46-43-40-37-33-18-15-12-9-6-3/h7,10,16,19,23-24,26-27,30-31,36,39,52-53,57H,4-6,8-9,11-15,17-18,20-22,25,28-29,32-35,37-38,40-51H2,1-3H3,(H,61,62)/b10-7-,19-16-,24-23-,27-26-,31-30-,39-36-. The van der Waals surface area contributed by atoms with Crippen LogP contribution in [0.5, 0.6) is 0 Å². The van der Waals surface area contributed by atoms with Gasteiger partial charge in [-0.25, -0.2) is 4.57 Å². The average Bonchev–Trinajstić information content (AvgIpc) is 3.32. The van der Waals surface area contributed by atoms with Gasteiger partial charge in [0.1, 0.15) is 12.7 Å². The van der Waals surface area contributed by atoms with E-state index in [2.05, 4.69) is 81.5 Å². The molecule has 0 aliphatic rings. The van der Waals surface area contributed by atoms with Gasteiger partial charge >= 0.3 is 25.7 Å². The van der Waals surface area contributed by atoms with Crippen LogP contribution in [0.25, 0.3) is 0 Å². The lowest BCUT2D eigenvalue weighted by atomic mass is 10.0. The van der Waals surface area contributed by atoms with Crippen molar-refractivity contribution in [2.75, 3.05) is 26.4 Å². The van der Waals surface area contributed by atoms with Gasteiger partial charge in [-0.1, -0.05) is 222 Å². The quantitative estimate of drug-likeness (QED) is 0.0197. The summed E-state index contributed by atoms with van der Waals surface area (Å²) in [4.78, 5) is 48.2. The highest BCUT2D eigenvalue weighted by Gasteiger charge is 2.28. The zero-order chi connectivity index (χ0) is 49.9. The first-order valence-corrected chi connectivity index (χ1v) is 28.3. The van der Waals surface area contributed by atoms with Gasteiger partial charge in [0.15, 0.2) is 6.10 Å². The fraction of sp³-hybridized carbons (Fsp3) is 0.732. The number of allylic oxidation sites excluding steroid dienone is 12. The number of carbonyl (C=O) groups excluding carboxylic acids is 3. The van der Waals surface area contributed by atoms with Gasteiger partial charge in [-0.05, 0) is 57.8 Å². The maximum atomic E-state index is 12.8. The van der Waals surface area contributed by atoms with Gasteiger partial charge in [-0.3, -0.25) is 23.4 Å². The molecule has 0 radical (unpaired) electrons. The number of phosphoric ester groups is 1. The van der Waals surface area contributed by atoms with Crippen LogP contribution in [0, 0.1) is 0 Å². The summed E-state index contributed by atoms with van der Waals surface area (Å²) in [5, 5.41) is 9.75. The molecule has 0 spiro atoms. The number of hydrogen-bond donors (Lipinski definition) is 2. The van der Waals surface area contributed by atoms with Crippen LogP contribution in [0.4, 0.5) is 0 Å². The van der Waals surface area contributed by atoms with E-state index in [1.807, 2.05) is 12.2 Å². The molecule has 0 bridgehead atoms. The number of aliphatic hydroxyl groups excluding tert-OH is 1. The van der Waals surface area contributed by atoms with Crippen LogP contribution in [-0.4, -0.2) is 66.5 Å². The molecule has 0 aromatic carbocycles. The fourth-order valence-electron chi connectivity index (χ4n) is 7.09. The number of rotatable bonds is 49. The number of ether oxygens (including phenoxy) is 3. The molecule has 0 amide bonds. The van der Waals surface area contributed by atoms with Crippen molar-refractivity contribution in [1.82, 2.24) is 0 Å². The van der Waals surface area contributed by atoms with Gasteiger partial charge in [0.2, 0.25) is 0 Å². The van der Waals surface area contributed by atoms with Gasteiger partial charge in [-0.15, -0.1) is 0 Å². The monoisotopic (exact) mass is 977 g/mol. The number of phosphoric acid groups is 1. The lowest BCUT2D eigenvalue weighted by Crippen LogP contribution is -2.30. The summed E-state index contributed by atoms with van der Waals surface area (Å²) in [7, 11) is -4.75. The zero-order valence-electron chi connectivity index (χ0n) is 43.1. The molecular weight excluding hydrogens is 880 g/mol. The summed E-state index contributed by atoms with van der Waals surface area (Å²) in [5.41, 5.74) is 0. The highest BCUT2D eigenvalue weighted by Crippen LogP contribution is 2.43. The van der Waals surface area contributed by atoms with Crippen LogP contribution in [-0.2, 0) is 42.2 Å². The van der Waals surface area contributed by atoms with Crippen molar-refractivity contribution in [1.29, 1.82) is 0 Å². The molecule has 0 aromatic heterocycles. The van der Waals surface area contributed by atoms with Crippen LogP contribution in [0.15, 0.2) is 72.9 Å². The lowest BCUT2D eigenvalue weighted by molar-refractivity contribution is -0.161. The third-order valence-electron chi connectivity index (χ3n) is 11.2. The highest BCUT2D eigenvalue weighted by molar-refractivity contribution is 7.47. The minimum atomic E-state index is -4.75. The van der Waals surface area contributed by atoms with E-state index in [1.54, 1.807) is 0 Å². The lowest BCUT2D eigenvalue weighted by Gasteiger charge is -2.21. The van der Waals surface area contributed by atoms with Gasteiger partial charge < -0.3 is 24.2 Å². The maximum absolute atomic E-state index is 12.8. The first-order chi connectivity index (χ1) is 33.2. The molecule has 11 nitrogen and oxygen atoms in total. The van der Waals surface area contributed by atoms with E-state index >= 15 is 0 Å². The maximum Gasteiger partial charge on any atom is 0.472 e. The highest BCUT2D eigenvalue weighted by atomic mass is 31.2. The predicted molar refractivity (Wildman–Crippen MR) is 279 cm³/mol. The number of hydrogen-bond acceptors (Lipinski definition) is 10. The van der Waals surface area contributed by atoms with E-state index in [-0.39, 0.29) is 25.9 Å². The number of carbonyl (C=O) groups is 3. The fourth-order valence-corrected chi connectivity index (χ4v) is 7.87. The van der Waals surface area contributed by atoms with E-state index in [4.69, 9.17) is 23.3 Å². The Balaban J connectivity index is 4.82. The molecule has 0 saturated carbocycles. The predicted octanol–water partition coefficient (Wildman–Crippen LogP) is 15.4. The minimum absolute atomic E-state index is 0.102. The van der Waals surface area contributed by atoms with Crippen LogP contribution in [0.3, 0.4) is 0 Å². The Hall–Kier alpha value is -3.08. The SMILES string of the molecule is CC/C=C\C/C=C\C/C=C\C/C=C\C/C=C\C/C=C\CCC(=O)OCC(COP(=O)(O)OCC(CO)OC(=O)CCCCCCCCCCC)OC(=O)CCCCCCCCCCCCCCC. The summed E-state index contributed by atoms with van der Waals surface area (Å²) in [6.45, 7) is 4.42. The second-order valence-corrected chi connectivity index (χ2v) is 19.1. The van der Waals surface area contributed by atoms with Crippen molar-refractivity contribution in [2.24, 2.45) is 0 Å². The summed E-state index contributed by atoms with van der Waals surface area (Å²) in [5.74, 6) is -1.56. The van der Waals surface area contributed by atoms with Crippen molar-refractivity contribution in [3.63, 3.8) is 0 Å². The van der Waals surface area contributed by atoms with Crippen molar-refractivity contribution in [3.8, 4) is 0 Å². The zero-order valence-corrected chi connectivity index (χ0v) is 43.9. The average molecular weight is 977 g/mol. The molecule has 0 aliphatic heterocycles. The molecule has 0 saturated heterocycles. The third-order valence-corrected chi connectivity index (χ3v) is 12.1. The smallest absolute Gasteiger partial charge is 0.462 e. The van der Waals surface area contributed by atoms with E-state index in [1.165, 1.54) is 89.9 Å².